The molecule has 0 unspecified atom stereocenters. The molecule has 3 rings (SSSR count). The van der Waals surface area contributed by atoms with Gasteiger partial charge in [0.1, 0.15) is 23.0 Å². The third-order valence-electron chi connectivity index (χ3n) is 3.75. The molecular formula is C21H20N2O4. The lowest BCUT2D eigenvalue weighted by molar-refractivity contribution is 0.262. The van der Waals surface area contributed by atoms with Gasteiger partial charge in [-0.2, -0.15) is 0 Å². The molecule has 0 spiro atoms. The number of rotatable bonds is 6. The Kier molecular flexibility index (Phi) is 5.79. The van der Waals surface area contributed by atoms with E-state index in [0.29, 0.717) is 28.6 Å². The Bertz CT molecular complexity index is 896. The van der Waals surface area contributed by atoms with Crippen molar-refractivity contribution in [2.45, 2.75) is 0 Å². The van der Waals surface area contributed by atoms with Gasteiger partial charge in [0.2, 0.25) is 0 Å². The molecule has 0 aliphatic carbocycles. The standard InChI is InChI=1S/C21H20N2O4/c1-25-18-12-13-19(20(14-18)26-2)23-21(24)22-15-8-10-17(11-9-15)27-16-6-4-3-5-7-16/h3-14H,1-2H3,(H2,22,23,24). The number of amides is 2. The molecule has 6 nitrogen and oxygen atoms in total. The summed E-state index contributed by atoms with van der Waals surface area (Å²) in [4.78, 5) is 12.2. The minimum atomic E-state index is -0.379. The van der Waals surface area contributed by atoms with Crippen molar-refractivity contribution in [3.8, 4) is 23.0 Å². The van der Waals surface area contributed by atoms with Crippen LogP contribution in [-0.2, 0) is 0 Å². The second-order valence-electron chi connectivity index (χ2n) is 5.58. The van der Waals surface area contributed by atoms with Crippen LogP contribution in [0, 0.1) is 0 Å². The first-order valence-corrected chi connectivity index (χ1v) is 8.31. The lowest BCUT2D eigenvalue weighted by Gasteiger charge is -2.12. The number of para-hydroxylation sites is 1. The zero-order valence-corrected chi connectivity index (χ0v) is 15.1. The molecule has 3 aromatic carbocycles. The summed E-state index contributed by atoms with van der Waals surface area (Å²) in [5.41, 5.74) is 1.18. The second-order valence-corrected chi connectivity index (χ2v) is 5.58. The van der Waals surface area contributed by atoms with E-state index in [1.165, 1.54) is 7.11 Å². The third kappa shape index (κ3) is 4.92. The van der Waals surface area contributed by atoms with E-state index in [1.807, 2.05) is 30.3 Å². The van der Waals surface area contributed by atoms with E-state index in [1.54, 1.807) is 49.6 Å². The molecule has 0 heterocycles. The van der Waals surface area contributed by atoms with E-state index in [-0.39, 0.29) is 6.03 Å². The number of hydrogen-bond acceptors (Lipinski definition) is 4. The molecular weight excluding hydrogens is 344 g/mol. The van der Waals surface area contributed by atoms with Crippen molar-refractivity contribution >= 4 is 17.4 Å². The molecule has 0 atom stereocenters. The number of carbonyl (C=O) groups is 1. The van der Waals surface area contributed by atoms with Crippen LogP contribution in [-0.4, -0.2) is 20.3 Å². The van der Waals surface area contributed by atoms with Gasteiger partial charge in [-0.3, -0.25) is 0 Å². The Morgan fingerprint density at radius 3 is 2.07 bits per heavy atom. The molecule has 0 fully saturated rings. The zero-order valence-electron chi connectivity index (χ0n) is 15.1. The topological polar surface area (TPSA) is 68.8 Å². The molecule has 2 amide bonds. The lowest BCUT2D eigenvalue weighted by atomic mass is 10.2. The molecule has 0 aromatic heterocycles. The van der Waals surface area contributed by atoms with E-state index in [2.05, 4.69) is 10.6 Å². The fourth-order valence-electron chi connectivity index (χ4n) is 2.42. The van der Waals surface area contributed by atoms with Crippen molar-refractivity contribution in [3.63, 3.8) is 0 Å². The number of anilines is 2. The maximum absolute atomic E-state index is 12.2. The minimum Gasteiger partial charge on any atom is -0.497 e. The van der Waals surface area contributed by atoms with E-state index >= 15 is 0 Å². The number of ether oxygens (including phenoxy) is 3. The molecule has 27 heavy (non-hydrogen) atoms. The fourth-order valence-corrected chi connectivity index (χ4v) is 2.42. The van der Waals surface area contributed by atoms with Gasteiger partial charge in [-0.15, -0.1) is 0 Å². The summed E-state index contributed by atoms with van der Waals surface area (Å²) in [7, 11) is 3.10. The van der Waals surface area contributed by atoms with Gasteiger partial charge in [-0.25, -0.2) is 4.79 Å². The first-order chi connectivity index (χ1) is 13.2. The molecule has 0 aliphatic heterocycles. The van der Waals surface area contributed by atoms with Gasteiger partial charge in [0.15, 0.2) is 0 Å². The molecule has 0 bridgehead atoms. The third-order valence-corrected chi connectivity index (χ3v) is 3.75. The average molecular weight is 364 g/mol. The van der Waals surface area contributed by atoms with E-state index in [4.69, 9.17) is 14.2 Å². The highest BCUT2D eigenvalue weighted by atomic mass is 16.5. The maximum atomic E-state index is 12.2. The summed E-state index contributed by atoms with van der Waals surface area (Å²) in [6.07, 6.45) is 0. The van der Waals surface area contributed by atoms with Gasteiger partial charge in [0.05, 0.1) is 19.9 Å². The quantitative estimate of drug-likeness (QED) is 0.635. The van der Waals surface area contributed by atoms with Crippen molar-refractivity contribution in [2.24, 2.45) is 0 Å². The Morgan fingerprint density at radius 2 is 1.41 bits per heavy atom. The number of nitrogens with one attached hydrogen (secondary N) is 2. The van der Waals surface area contributed by atoms with Crippen LogP contribution < -0.4 is 24.8 Å². The molecule has 0 radical (unpaired) electrons. The first-order valence-electron chi connectivity index (χ1n) is 8.31. The van der Waals surface area contributed by atoms with Crippen LogP contribution in [0.15, 0.2) is 72.8 Å². The van der Waals surface area contributed by atoms with E-state index in [0.717, 1.165) is 5.75 Å². The lowest BCUT2D eigenvalue weighted by Crippen LogP contribution is -2.19. The summed E-state index contributed by atoms with van der Waals surface area (Å²) >= 11 is 0. The van der Waals surface area contributed by atoms with E-state index < -0.39 is 0 Å². The van der Waals surface area contributed by atoms with Gasteiger partial charge >= 0.3 is 6.03 Å². The van der Waals surface area contributed by atoms with Crippen LogP contribution in [0.3, 0.4) is 0 Å². The van der Waals surface area contributed by atoms with Crippen molar-refractivity contribution in [1.82, 2.24) is 0 Å². The van der Waals surface area contributed by atoms with Gasteiger partial charge in [0.25, 0.3) is 0 Å². The SMILES string of the molecule is COc1ccc(NC(=O)Nc2ccc(Oc3ccccc3)cc2)c(OC)c1. The van der Waals surface area contributed by atoms with Crippen LogP contribution in [0.2, 0.25) is 0 Å². The van der Waals surface area contributed by atoms with Crippen molar-refractivity contribution in [1.29, 1.82) is 0 Å². The number of benzene rings is 3. The average Bonchev–Trinajstić information content (AvgIpc) is 2.70. The van der Waals surface area contributed by atoms with E-state index in [9.17, 15) is 4.79 Å². The Labute approximate surface area is 157 Å². The monoisotopic (exact) mass is 364 g/mol. The largest absolute Gasteiger partial charge is 0.497 e. The van der Waals surface area contributed by atoms with Gasteiger partial charge in [-0.05, 0) is 48.5 Å². The number of urea groups is 1. The summed E-state index contributed by atoms with van der Waals surface area (Å²) in [5.74, 6) is 2.59. The molecule has 3 aromatic rings. The van der Waals surface area contributed by atoms with Gasteiger partial charge in [0, 0.05) is 11.8 Å². The van der Waals surface area contributed by atoms with Crippen LogP contribution >= 0.6 is 0 Å². The maximum Gasteiger partial charge on any atom is 0.323 e. The molecule has 0 saturated carbocycles. The molecule has 0 saturated heterocycles. The predicted molar refractivity (Wildman–Crippen MR) is 105 cm³/mol. The van der Waals surface area contributed by atoms with Crippen LogP contribution in [0.5, 0.6) is 23.0 Å². The molecule has 6 heteroatoms. The number of methoxy groups -OCH3 is 2. The van der Waals surface area contributed by atoms with Crippen molar-refractivity contribution in [2.75, 3.05) is 24.9 Å². The molecule has 138 valence electrons. The Hall–Kier alpha value is -3.67. The van der Waals surface area contributed by atoms with Gasteiger partial charge in [-0.1, -0.05) is 18.2 Å². The summed E-state index contributed by atoms with van der Waals surface area (Å²) in [6.45, 7) is 0. The van der Waals surface area contributed by atoms with Gasteiger partial charge < -0.3 is 24.8 Å². The Balaban J connectivity index is 1.61. The predicted octanol–water partition coefficient (Wildman–Crippen LogP) is 5.14. The Morgan fingerprint density at radius 1 is 0.741 bits per heavy atom. The minimum absolute atomic E-state index is 0.379. The van der Waals surface area contributed by atoms with Crippen molar-refractivity contribution in [3.05, 3.63) is 72.8 Å². The number of carbonyl (C=O) groups excluding carboxylic acids is 1. The number of hydrogen-bond donors (Lipinski definition) is 2. The molecule has 0 aliphatic rings. The summed E-state index contributed by atoms with van der Waals surface area (Å²) < 4.78 is 16.1. The first kappa shape index (κ1) is 18.1. The van der Waals surface area contributed by atoms with Crippen LogP contribution in [0.1, 0.15) is 0 Å². The highest BCUT2D eigenvalue weighted by Gasteiger charge is 2.09. The fraction of sp³-hybridized carbons (Fsp3) is 0.0952. The van der Waals surface area contributed by atoms with Crippen LogP contribution in [0.25, 0.3) is 0 Å². The highest BCUT2D eigenvalue weighted by molar-refractivity contribution is 6.00. The second kappa shape index (κ2) is 8.62. The van der Waals surface area contributed by atoms with Crippen molar-refractivity contribution < 1.29 is 19.0 Å². The molecule has 2 N–H and O–H groups in total. The highest BCUT2D eigenvalue weighted by Crippen LogP contribution is 2.29. The smallest absolute Gasteiger partial charge is 0.323 e. The normalized spacial score (nSPS) is 10.0. The van der Waals surface area contributed by atoms with Crippen LogP contribution in [0.4, 0.5) is 16.2 Å². The zero-order chi connectivity index (χ0) is 19.1. The summed E-state index contributed by atoms with van der Waals surface area (Å²) in [5, 5.41) is 5.52. The summed E-state index contributed by atoms with van der Waals surface area (Å²) in [6, 6.07) is 21.4.